The molecular formula is C15H17FN2O2. The molecule has 20 heavy (non-hydrogen) atoms. The Morgan fingerprint density at radius 2 is 1.60 bits per heavy atom. The van der Waals surface area contributed by atoms with Gasteiger partial charge in [0, 0.05) is 18.9 Å². The zero-order valence-electron chi connectivity index (χ0n) is 11.4. The summed E-state index contributed by atoms with van der Waals surface area (Å²) >= 11 is 0. The van der Waals surface area contributed by atoms with Gasteiger partial charge in [-0.3, -0.25) is 9.59 Å². The van der Waals surface area contributed by atoms with E-state index in [1.165, 1.54) is 21.3 Å². The van der Waals surface area contributed by atoms with Gasteiger partial charge in [-0.05, 0) is 24.1 Å². The highest BCUT2D eigenvalue weighted by Gasteiger charge is 2.05. The predicted octanol–water partition coefficient (Wildman–Crippen LogP) is 2.00. The van der Waals surface area contributed by atoms with E-state index in [9.17, 15) is 14.0 Å². The predicted molar refractivity (Wildman–Crippen MR) is 75.4 cm³/mol. The molecule has 0 amide bonds. The van der Waals surface area contributed by atoms with Crippen molar-refractivity contribution in [3.63, 3.8) is 0 Å². The number of hydrogen-bond donors (Lipinski definition) is 0. The van der Waals surface area contributed by atoms with Crippen LogP contribution in [0.2, 0.25) is 0 Å². The molecule has 0 saturated heterocycles. The van der Waals surface area contributed by atoms with Crippen LogP contribution < -0.4 is 11.1 Å². The Kier molecular flexibility index (Phi) is 4.50. The lowest BCUT2D eigenvalue weighted by Crippen LogP contribution is -2.40. The Balaban J connectivity index is 2.25. The van der Waals surface area contributed by atoms with Gasteiger partial charge in [-0.15, -0.1) is 0 Å². The van der Waals surface area contributed by atoms with E-state index in [1.807, 2.05) is 6.92 Å². The van der Waals surface area contributed by atoms with Crippen LogP contribution in [0.3, 0.4) is 0 Å². The van der Waals surface area contributed by atoms with E-state index in [0.717, 1.165) is 18.4 Å². The molecule has 4 nitrogen and oxygen atoms in total. The molecule has 0 saturated carbocycles. The molecule has 2 rings (SSSR count). The van der Waals surface area contributed by atoms with E-state index < -0.39 is 11.1 Å². The van der Waals surface area contributed by atoms with Gasteiger partial charge in [0.2, 0.25) is 0 Å². The maximum absolute atomic E-state index is 12.8. The quantitative estimate of drug-likeness (QED) is 0.784. The highest BCUT2D eigenvalue weighted by atomic mass is 19.1. The Morgan fingerprint density at radius 1 is 1.00 bits per heavy atom. The fourth-order valence-electron chi connectivity index (χ4n) is 1.96. The molecule has 0 atom stereocenters. The summed E-state index contributed by atoms with van der Waals surface area (Å²) in [4.78, 5) is 23.9. The van der Waals surface area contributed by atoms with Crippen LogP contribution in [0.25, 0.3) is 0 Å². The second-order valence-corrected chi connectivity index (χ2v) is 4.71. The van der Waals surface area contributed by atoms with Crippen LogP contribution in [0, 0.1) is 5.82 Å². The summed E-state index contributed by atoms with van der Waals surface area (Å²) in [6.07, 6.45) is 5.05. The van der Waals surface area contributed by atoms with E-state index in [1.54, 1.807) is 24.5 Å². The summed E-state index contributed by atoms with van der Waals surface area (Å²) in [5.74, 6) is -0.323. The van der Waals surface area contributed by atoms with Gasteiger partial charge < -0.3 is 9.13 Å². The summed E-state index contributed by atoms with van der Waals surface area (Å²) < 4.78 is 15.6. The van der Waals surface area contributed by atoms with Gasteiger partial charge in [0.15, 0.2) is 0 Å². The molecule has 0 fully saturated rings. The molecule has 0 aliphatic carbocycles. The van der Waals surface area contributed by atoms with Gasteiger partial charge in [0.05, 0.1) is 6.54 Å². The molecule has 1 heterocycles. The zero-order valence-corrected chi connectivity index (χ0v) is 11.4. The number of aryl methyl sites for hydroxylation is 1. The first-order chi connectivity index (χ1) is 9.61. The minimum Gasteiger partial charge on any atom is -0.309 e. The summed E-state index contributed by atoms with van der Waals surface area (Å²) in [6, 6.07) is 5.88. The van der Waals surface area contributed by atoms with Crippen LogP contribution >= 0.6 is 0 Å². The van der Waals surface area contributed by atoms with E-state index in [0.29, 0.717) is 6.54 Å². The van der Waals surface area contributed by atoms with Crippen LogP contribution in [-0.4, -0.2) is 9.13 Å². The molecule has 0 spiro atoms. The highest BCUT2D eigenvalue weighted by Crippen LogP contribution is 2.03. The maximum atomic E-state index is 12.8. The number of rotatable bonds is 5. The first kappa shape index (κ1) is 14.2. The first-order valence-corrected chi connectivity index (χ1v) is 6.66. The van der Waals surface area contributed by atoms with Crippen LogP contribution in [-0.2, 0) is 13.1 Å². The molecule has 0 bridgehead atoms. The minimum absolute atomic E-state index is 0.267. The monoisotopic (exact) mass is 276 g/mol. The van der Waals surface area contributed by atoms with Crippen LogP contribution in [0.4, 0.5) is 4.39 Å². The minimum atomic E-state index is -0.548. The number of benzene rings is 1. The Morgan fingerprint density at radius 3 is 2.25 bits per heavy atom. The van der Waals surface area contributed by atoms with E-state index >= 15 is 0 Å². The third kappa shape index (κ3) is 3.23. The topological polar surface area (TPSA) is 44.0 Å². The van der Waals surface area contributed by atoms with Gasteiger partial charge in [-0.2, -0.15) is 0 Å². The highest BCUT2D eigenvalue weighted by molar-refractivity contribution is 5.16. The lowest BCUT2D eigenvalue weighted by molar-refractivity contribution is 0.585. The Labute approximate surface area is 116 Å². The van der Waals surface area contributed by atoms with Gasteiger partial charge >= 0.3 is 11.1 Å². The molecule has 0 radical (unpaired) electrons. The van der Waals surface area contributed by atoms with Crippen molar-refractivity contribution in [3.05, 3.63) is 68.7 Å². The fraction of sp³-hybridized carbons (Fsp3) is 0.333. The van der Waals surface area contributed by atoms with Crippen molar-refractivity contribution in [2.24, 2.45) is 0 Å². The number of aromatic nitrogens is 2. The van der Waals surface area contributed by atoms with Crippen LogP contribution in [0.1, 0.15) is 25.3 Å². The number of halogens is 1. The van der Waals surface area contributed by atoms with Crippen molar-refractivity contribution in [1.29, 1.82) is 0 Å². The lowest BCUT2D eigenvalue weighted by Gasteiger charge is -2.08. The van der Waals surface area contributed by atoms with Gasteiger partial charge in [0.25, 0.3) is 0 Å². The standard InChI is InChI=1S/C15H17FN2O2/c1-2-3-8-17-9-10-18(15(20)14(17)19)11-12-4-6-13(16)7-5-12/h4-7,9-10H,2-3,8,11H2,1H3. The van der Waals surface area contributed by atoms with E-state index in [-0.39, 0.29) is 12.4 Å². The number of nitrogens with zero attached hydrogens (tertiary/aromatic N) is 2. The number of unbranched alkanes of at least 4 members (excludes halogenated alkanes) is 1. The molecule has 0 N–H and O–H groups in total. The molecule has 5 heteroatoms. The van der Waals surface area contributed by atoms with Crippen molar-refractivity contribution >= 4 is 0 Å². The third-order valence-corrected chi connectivity index (χ3v) is 3.15. The molecule has 2 aromatic rings. The summed E-state index contributed by atoms with van der Waals surface area (Å²) in [5.41, 5.74) is -0.282. The normalized spacial score (nSPS) is 10.7. The molecule has 0 unspecified atom stereocenters. The average Bonchev–Trinajstić information content (AvgIpc) is 2.45. The molecule has 0 aliphatic heterocycles. The van der Waals surface area contributed by atoms with Crippen molar-refractivity contribution in [2.75, 3.05) is 0 Å². The van der Waals surface area contributed by atoms with Crippen LogP contribution in [0.15, 0.2) is 46.2 Å². The molecule has 106 valence electrons. The second kappa shape index (κ2) is 6.32. The lowest BCUT2D eigenvalue weighted by atomic mass is 10.2. The number of hydrogen-bond acceptors (Lipinski definition) is 2. The van der Waals surface area contributed by atoms with Crippen molar-refractivity contribution in [3.8, 4) is 0 Å². The zero-order chi connectivity index (χ0) is 14.5. The summed E-state index contributed by atoms with van der Waals surface area (Å²) in [5, 5.41) is 0. The smallest absolute Gasteiger partial charge is 0.309 e. The van der Waals surface area contributed by atoms with Gasteiger partial charge in [-0.25, -0.2) is 4.39 Å². The Bertz CT molecular complexity index is 686. The van der Waals surface area contributed by atoms with Gasteiger partial charge in [-0.1, -0.05) is 25.5 Å². The summed E-state index contributed by atoms with van der Waals surface area (Å²) in [6.45, 7) is 2.85. The van der Waals surface area contributed by atoms with Crippen molar-refractivity contribution in [1.82, 2.24) is 9.13 Å². The van der Waals surface area contributed by atoms with E-state index in [2.05, 4.69) is 0 Å². The second-order valence-electron chi connectivity index (χ2n) is 4.71. The SMILES string of the molecule is CCCCn1ccn(Cc2ccc(F)cc2)c(=O)c1=O. The van der Waals surface area contributed by atoms with Crippen molar-refractivity contribution in [2.45, 2.75) is 32.9 Å². The fourth-order valence-corrected chi connectivity index (χ4v) is 1.96. The van der Waals surface area contributed by atoms with Gasteiger partial charge in [0.1, 0.15) is 5.82 Å². The molecule has 1 aromatic carbocycles. The summed E-state index contributed by atoms with van der Waals surface area (Å²) in [7, 11) is 0. The van der Waals surface area contributed by atoms with Crippen LogP contribution in [0.5, 0.6) is 0 Å². The third-order valence-electron chi connectivity index (χ3n) is 3.15. The molecule has 0 aliphatic rings. The first-order valence-electron chi connectivity index (χ1n) is 6.66. The van der Waals surface area contributed by atoms with E-state index in [4.69, 9.17) is 0 Å². The Hall–Kier alpha value is -2.17. The largest absolute Gasteiger partial charge is 0.316 e. The van der Waals surface area contributed by atoms with Crippen molar-refractivity contribution < 1.29 is 4.39 Å². The molecule has 1 aromatic heterocycles. The molecular weight excluding hydrogens is 259 g/mol. The average molecular weight is 276 g/mol. The maximum Gasteiger partial charge on any atom is 0.316 e.